The van der Waals surface area contributed by atoms with Gasteiger partial charge in [-0.05, 0) is 36.8 Å². The summed E-state index contributed by atoms with van der Waals surface area (Å²) in [5.41, 5.74) is 3.70. The van der Waals surface area contributed by atoms with Gasteiger partial charge in [-0.2, -0.15) is 0 Å². The van der Waals surface area contributed by atoms with Crippen molar-refractivity contribution in [3.05, 3.63) is 60.2 Å². The standard InChI is InChI=1S/C17H18N2S/c1-13-5-4-7-15(11-13)18-9-10-20-17-12-14-6-2-3-8-16(14)19-17/h2-8,11-12,18-19H,9-10H2,1H3. The molecule has 1 aromatic heterocycles. The average Bonchev–Trinajstić information content (AvgIpc) is 2.86. The third-order valence-electron chi connectivity index (χ3n) is 3.21. The fraction of sp³-hybridized carbons (Fsp3) is 0.176. The molecule has 2 nitrogen and oxygen atoms in total. The van der Waals surface area contributed by atoms with Gasteiger partial charge in [0.2, 0.25) is 0 Å². The van der Waals surface area contributed by atoms with Gasteiger partial charge in [-0.15, -0.1) is 11.8 Å². The topological polar surface area (TPSA) is 27.8 Å². The minimum absolute atomic E-state index is 0.962. The lowest BCUT2D eigenvalue weighted by molar-refractivity contribution is 1.19. The molecule has 0 saturated carbocycles. The van der Waals surface area contributed by atoms with Crippen molar-refractivity contribution >= 4 is 28.4 Å². The summed E-state index contributed by atoms with van der Waals surface area (Å²) in [5, 5.41) is 5.97. The Bertz CT molecular complexity index is 670. The fourth-order valence-electron chi connectivity index (χ4n) is 2.24. The van der Waals surface area contributed by atoms with Gasteiger partial charge in [0.25, 0.3) is 0 Å². The molecule has 3 aromatic rings. The third-order valence-corrected chi connectivity index (χ3v) is 4.15. The van der Waals surface area contributed by atoms with Gasteiger partial charge in [0.15, 0.2) is 0 Å². The van der Waals surface area contributed by atoms with Crippen LogP contribution in [0.15, 0.2) is 59.6 Å². The number of hydrogen-bond donors (Lipinski definition) is 2. The number of nitrogens with one attached hydrogen (secondary N) is 2. The fourth-order valence-corrected chi connectivity index (χ4v) is 3.05. The molecule has 0 unspecified atom stereocenters. The monoisotopic (exact) mass is 282 g/mol. The molecule has 0 amide bonds. The van der Waals surface area contributed by atoms with E-state index in [1.807, 2.05) is 11.8 Å². The number of H-pyrrole nitrogens is 1. The second-order valence-electron chi connectivity index (χ2n) is 4.87. The number of thioether (sulfide) groups is 1. The molecule has 102 valence electrons. The maximum atomic E-state index is 3.45. The van der Waals surface area contributed by atoms with E-state index in [2.05, 4.69) is 71.8 Å². The summed E-state index contributed by atoms with van der Waals surface area (Å²) >= 11 is 1.85. The molecule has 0 aliphatic carbocycles. The van der Waals surface area contributed by atoms with E-state index in [9.17, 15) is 0 Å². The van der Waals surface area contributed by atoms with Crippen LogP contribution in [0.5, 0.6) is 0 Å². The molecule has 20 heavy (non-hydrogen) atoms. The summed E-state index contributed by atoms with van der Waals surface area (Å²) in [6, 6.07) is 19.1. The van der Waals surface area contributed by atoms with Crippen LogP contribution in [0.3, 0.4) is 0 Å². The predicted molar refractivity (Wildman–Crippen MR) is 88.7 cm³/mol. The summed E-state index contributed by atoms with van der Waals surface area (Å²) in [4.78, 5) is 3.44. The Morgan fingerprint density at radius 2 is 1.95 bits per heavy atom. The van der Waals surface area contributed by atoms with E-state index in [0.717, 1.165) is 12.3 Å². The van der Waals surface area contributed by atoms with E-state index in [0.29, 0.717) is 0 Å². The van der Waals surface area contributed by atoms with Crippen molar-refractivity contribution in [2.45, 2.75) is 11.9 Å². The van der Waals surface area contributed by atoms with Crippen LogP contribution in [0.25, 0.3) is 10.9 Å². The zero-order valence-electron chi connectivity index (χ0n) is 11.5. The molecule has 0 spiro atoms. The third kappa shape index (κ3) is 3.17. The molecule has 0 fully saturated rings. The zero-order chi connectivity index (χ0) is 13.8. The highest BCUT2D eigenvalue weighted by Gasteiger charge is 2.00. The van der Waals surface area contributed by atoms with Crippen LogP contribution in [-0.2, 0) is 0 Å². The first-order valence-electron chi connectivity index (χ1n) is 6.82. The first-order chi connectivity index (χ1) is 9.81. The molecule has 0 saturated heterocycles. The lowest BCUT2D eigenvalue weighted by Crippen LogP contribution is -2.03. The Labute approximate surface area is 123 Å². The first-order valence-corrected chi connectivity index (χ1v) is 7.81. The Kier molecular flexibility index (Phi) is 3.97. The van der Waals surface area contributed by atoms with Crippen LogP contribution < -0.4 is 5.32 Å². The zero-order valence-corrected chi connectivity index (χ0v) is 12.3. The molecule has 0 aliphatic heterocycles. The summed E-state index contributed by atoms with van der Waals surface area (Å²) in [7, 11) is 0. The number of aromatic nitrogens is 1. The van der Waals surface area contributed by atoms with E-state index in [4.69, 9.17) is 0 Å². The van der Waals surface area contributed by atoms with Crippen molar-refractivity contribution in [1.29, 1.82) is 0 Å². The SMILES string of the molecule is Cc1cccc(NCCSc2cc3ccccc3[nH]2)c1. The smallest absolute Gasteiger partial charge is 0.0733 e. The summed E-state index contributed by atoms with van der Waals surface area (Å²) in [6.45, 7) is 3.08. The van der Waals surface area contributed by atoms with E-state index in [1.54, 1.807) is 0 Å². The number of benzene rings is 2. The second-order valence-corrected chi connectivity index (χ2v) is 6.00. The average molecular weight is 282 g/mol. The molecular formula is C17H18N2S. The molecule has 2 aromatic carbocycles. The van der Waals surface area contributed by atoms with Gasteiger partial charge in [-0.1, -0.05) is 30.3 Å². The number of fused-ring (bicyclic) bond motifs is 1. The first kappa shape index (κ1) is 13.1. The van der Waals surface area contributed by atoms with E-state index < -0.39 is 0 Å². The Hall–Kier alpha value is -1.87. The number of para-hydroxylation sites is 1. The summed E-state index contributed by atoms with van der Waals surface area (Å²) < 4.78 is 0. The Morgan fingerprint density at radius 3 is 2.80 bits per heavy atom. The molecule has 0 aliphatic rings. The highest BCUT2D eigenvalue weighted by molar-refractivity contribution is 7.99. The van der Waals surface area contributed by atoms with Gasteiger partial charge in [0, 0.05) is 28.9 Å². The second kappa shape index (κ2) is 6.06. The highest BCUT2D eigenvalue weighted by Crippen LogP contribution is 2.23. The number of aryl methyl sites for hydroxylation is 1. The predicted octanol–water partition coefficient (Wildman–Crippen LogP) is 4.68. The molecule has 1 heterocycles. The van der Waals surface area contributed by atoms with Crippen LogP contribution in [0.1, 0.15) is 5.56 Å². The number of aromatic amines is 1. The maximum Gasteiger partial charge on any atom is 0.0733 e. The van der Waals surface area contributed by atoms with Crippen molar-refractivity contribution in [3.63, 3.8) is 0 Å². The molecule has 0 atom stereocenters. The largest absolute Gasteiger partial charge is 0.384 e. The molecule has 3 rings (SSSR count). The van der Waals surface area contributed by atoms with Crippen molar-refractivity contribution in [1.82, 2.24) is 4.98 Å². The quantitative estimate of drug-likeness (QED) is 0.525. The minimum atomic E-state index is 0.962. The van der Waals surface area contributed by atoms with Gasteiger partial charge < -0.3 is 10.3 Å². The van der Waals surface area contributed by atoms with Gasteiger partial charge >= 0.3 is 0 Å². The Morgan fingerprint density at radius 1 is 1.05 bits per heavy atom. The highest BCUT2D eigenvalue weighted by atomic mass is 32.2. The van der Waals surface area contributed by atoms with Gasteiger partial charge in [-0.3, -0.25) is 0 Å². The molecule has 2 N–H and O–H groups in total. The Balaban J connectivity index is 1.52. The van der Waals surface area contributed by atoms with Crippen molar-refractivity contribution in [2.75, 3.05) is 17.6 Å². The number of rotatable bonds is 5. The van der Waals surface area contributed by atoms with Crippen molar-refractivity contribution in [2.24, 2.45) is 0 Å². The normalized spacial score (nSPS) is 10.8. The van der Waals surface area contributed by atoms with Crippen molar-refractivity contribution < 1.29 is 0 Å². The van der Waals surface area contributed by atoms with E-state index in [1.165, 1.54) is 27.2 Å². The van der Waals surface area contributed by atoms with Gasteiger partial charge in [0.05, 0.1) is 5.03 Å². The molecular weight excluding hydrogens is 264 g/mol. The van der Waals surface area contributed by atoms with Crippen LogP contribution in [-0.4, -0.2) is 17.3 Å². The molecule has 0 radical (unpaired) electrons. The van der Waals surface area contributed by atoms with E-state index in [-0.39, 0.29) is 0 Å². The minimum Gasteiger partial charge on any atom is -0.384 e. The molecule has 0 bridgehead atoms. The summed E-state index contributed by atoms with van der Waals surface area (Å²) in [5.74, 6) is 1.04. The number of anilines is 1. The summed E-state index contributed by atoms with van der Waals surface area (Å²) in [6.07, 6.45) is 0. The van der Waals surface area contributed by atoms with Gasteiger partial charge in [-0.25, -0.2) is 0 Å². The number of hydrogen-bond acceptors (Lipinski definition) is 2. The van der Waals surface area contributed by atoms with Crippen LogP contribution >= 0.6 is 11.8 Å². The lowest BCUT2D eigenvalue weighted by Gasteiger charge is -2.06. The van der Waals surface area contributed by atoms with Crippen molar-refractivity contribution in [3.8, 4) is 0 Å². The maximum absolute atomic E-state index is 3.45. The molecule has 3 heteroatoms. The van der Waals surface area contributed by atoms with Crippen LogP contribution in [0.2, 0.25) is 0 Å². The van der Waals surface area contributed by atoms with E-state index >= 15 is 0 Å². The van der Waals surface area contributed by atoms with Crippen LogP contribution in [0, 0.1) is 6.92 Å². The van der Waals surface area contributed by atoms with Gasteiger partial charge in [0.1, 0.15) is 0 Å². The lowest BCUT2D eigenvalue weighted by atomic mass is 10.2. The van der Waals surface area contributed by atoms with Crippen LogP contribution in [0.4, 0.5) is 5.69 Å².